The van der Waals surface area contributed by atoms with Gasteiger partial charge in [0.25, 0.3) is 0 Å². The third-order valence-corrected chi connectivity index (χ3v) is 3.63. The van der Waals surface area contributed by atoms with Gasteiger partial charge in [-0.2, -0.15) is 0 Å². The summed E-state index contributed by atoms with van der Waals surface area (Å²) in [5.41, 5.74) is 7.58. The molecule has 2 atom stereocenters. The summed E-state index contributed by atoms with van der Waals surface area (Å²) in [6.07, 6.45) is 1.78. The van der Waals surface area contributed by atoms with Crippen LogP contribution in [0.2, 0.25) is 0 Å². The van der Waals surface area contributed by atoms with Crippen molar-refractivity contribution in [2.45, 2.75) is 5.92 Å². The van der Waals surface area contributed by atoms with Gasteiger partial charge in [0.1, 0.15) is 0 Å². The van der Waals surface area contributed by atoms with Crippen LogP contribution in [-0.4, -0.2) is 24.0 Å². The van der Waals surface area contributed by atoms with Crippen molar-refractivity contribution in [2.24, 2.45) is 11.7 Å². The molecule has 1 aromatic heterocycles. The average molecular weight is 241 g/mol. The largest absolute Gasteiger partial charge is 0.369 e. The number of carbonyl (C=O) groups is 1. The van der Waals surface area contributed by atoms with Gasteiger partial charge >= 0.3 is 0 Å². The highest BCUT2D eigenvalue weighted by Gasteiger charge is 2.32. The number of fused-ring (bicyclic) bond motifs is 1. The van der Waals surface area contributed by atoms with Crippen LogP contribution in [0.15, 0.2) is 36.5 Å². The van der Waals surface area contributed by atoms with Gasteiger partial charge in [0, 0.05) is 30.6 Å². The molecule has 0 radical (unpaired) electrons. The van der Waals surface area contributed by atoms with Gasteiger partial charge in [0.05, 0.1) is 11.4 Å². The highest BCUT2D eigenvalue weighted by molar-refractivity contribution is 5.81. The highest BCUT2D eigenvalue weighted by Crippen LogP contribution is 2.29. The van der Waals surface area contributed by atoms with Crippen LogP contribution in [0.5, 0.6) is 0 Å². The Bertz CT molecular complexity index is 596. The van der Waals surface area contributed by atoms with Gasteiger partial charge in [0.2, 0.25) is 5.91 Å². The fraction of sp³-hybridized carbons (Fsp3) is 0.286. The number of rotatable bonds is 2. The van der Waals surface area contributed by atoms with Gasteiger partial charge in [-0.25, -0.2) is 0 Å². The van der Waals surface area contributed by atoms with Gasteiger partial charge in [-0.3, -0.25) is 9.78 Å². The predicted octanol–water partition coefficient (Wildman–Crippen LogP) is 1.02. The van der Waals surface area contributed by atoms with E-state index in [0.29, 0.717) is 6.54 Å². The molecule has 1 fully saturated rings. The molecule has 3 rings (SSSR count). The molecule has 3 N–H and O–H groups in total. The third kappa shape index (κ3) is 1.84. The standard InChI is InChI=1S/C14H15N3O/c15-14(18)12-8-16-7-11(12)9-3-4-13-10(6-9)2-1-5-17-13/h1-6,11-12,16H,7-8H2,(H2,15,18). The number of hydrogen-bond acceptors (Lipinski definition) is 3. The number of pyridine rings is 1. The number of aromatic nitrogens is 1. The van der Waals surface area contributed by atoms with E-state index in [1.54, 1.807) is 6.20 Å². The van der Waals surface area contributed by atoms with Crippen LogP contribution in [0.4, 0.5) is 0 Å². The number of nitrogens with one attached hydrogen (secondary N) is 1. The van der Waals surface area contributed by atoms with Crippen molar-refractivity contribution in [3.05, 3.63) is 42.1 Å². The van der Waals surface area contributed by atoms with Crippen molar-refractivity contribution in [3.63, 3.8) is 0 Å². The molecule has 0 saturated carbocycles. The molecule has 1 aliphatic rings. The Morgan fingerprint density at radius 1 is 1.33 bits per heavy atom. The van der Waals surface area contributed by atoms with E-state index >= 15 is 0 Å². The number of nitrogens with zero attached hydrogens (tertiary/aromatic N) is 1. The second-order valence-corrected chi connectivity index (χ2v) is 4.73. The molecule has 92 valence electrons. The molecule has 2 aromatic rings. The Balaban J connectivity index is 2.01. The van der Waals surface area contributed by atoms with E-state index in [-0.39, 0.29) is 17.7 Å². The number of carbonyl (C=O) groups excluding carboxylic acids is 1. The second-order valence-electron chi connectivity index (χ2n) is 4.73. The smallest absolute Gasteiger partial charge is 0.222 e. The molecule has 1 saturated heterocycles. The minimum absolute atomic E-state index is 0.112. The van der Waals surface area contributed by atoms with Gasteiger partial charge in [-0.1, -0.05) is 12.1 Å². The van der Waals surface area contributed by atoms with Gasteiger partial charge in [-0.15, -0.1) is 0 Å². The minimum Gasteiger partial charge on any atom is -0.369 e. The van der Waals surface area contributed by atoms with E-state index in [4.69, 9.17) is 5.73 Å². The van der Waals surface area contributed by atoms with E-state index in [0.717, 1.165) is 23.0 Å². The lowest BCUT2D eigenvalue weighted by molar-refractivity contribution is -0.121. The Morgan fingerprint density at radius 3 is 3.06 bits per heavy atom. The zero-order valence-corrected chi connectivity index (χ0v) is 9.97. The maximum atomic E-state index is 11.4. The average Bonchev–Trinajstić information content (AvgIpc) is 2.87. The zero-order valence-electron chi connectivity index (χ0n) is 9.97. The maximum absolute atomic E-state index is 11.4. The number of nitrogens with two attached hydrogens (primary N) is 1. The number of benzene rings is 1. The topological polar surface area (TPSA) is 68.0 Å². The summed E-state index contributed by atoms with van der Waals surface area (Å²) in [6.45, 7) is 1.48. The SMILES string of the molecule is NC(=O)C1CNCC1c1ccc2ncccc2c1. The summed E-state index contributed by atoms with van der Waals surface area (Å²) in [6, 6.07) is 10.1. The first-order chi connectivity index (χ1) is 8.75. The fourth-order valence-electron chi connectivity index (χ4n) is 2.65. The first kappa shape index (κ1) is 11.2. The molecule has 0 spiro atoms. The lowest BCUT2D eigenvalue weighted by Crippen LogP contribution is -2.28. The maximum Gasteiger partial charge on any atom is 0.222 e. The fourth-order valence-corrected chi connectivity index (χ4v) is 2.65. The Hall–Kier alpha value is -1.94. The summed E-state index contributed by atoms with van der Waals surface area (Å²) in [5, 5.41) is 4.34. The Kier molecular flexibility index (Phi) is 2.72. The van der Waals surface area contributed by atoms with Crippen molar-refractivity contribution in [3.8, 4) is 0 Å². The van der Waals surface area contributed by atoms with E-state index in [9.17, 15) is 4.79 Å². The van der Waals surface area contributed by atoms with Crippen molar-refractivity contribution < 1.29 is 4.79 Å². The number of hydrogen-bond donors (Lipinski definition) is 2. The molecular formula is C14H15N3O. The first-order valence-electron chi connectivity index (χ1n) is 6.10. The second kappa shape index (κ2) is 4.38. The molecule has 0 bridgehead atoms. The highest BCUT2D eigenvalue weighted by atomic mass is 16.1. The van der Waals surface area contributed by atoms with E-state index in [1.807, 2.05) is 24.3 Å². The van der Waals surface area contributed by atoms with Gasteiger partial charge in [0.15, 0.2) is 0 Å². The number of amides is 1. The molecule has 2 unspecified atom stereocenters. The van der Waals surface area contributed by atoms with Crippen LogP contribution in [0, 0.1) is 5.92 Å². The van der Waals surface area contributed by atoms with Crippen molar-refractivity contribution in [2.75, 3.05) is 13.1 Å². The van der Waals surface area contributed by atoms with E-state index < -0.39 is 0 Å². The molecule has 1 aromatic carbocycles. The normalized spacial score (nSPS) is 23.3. The van der Waals surface area contributed by atoms with E-state index in [2.05, 4.69) is 16.4 Å². The predicted molar refractivity (Wildman–Crippen MR) is 70.0 cm³/mol. The summed E-state index contributed by atoms with van der Waals surface area (Å²) < 4.78 is 0. The molecule has 4 nitrogen and oxygen atoms in total. The quantitative estimate of drug-likeness (QED) is 0.825. The molecule has 18 heavy (non-hydrogen) atoms. The lowest BCUT2D eigenvalue weighted by atomic mass is 9.88. The monoisotopic (exact) mass is 241 g/mol. The van der Waals surface area contributed by atoms with Gasteiger partial charge < -0.3 is 11.1 Å². The number of primary amides is 1. The van der Waals surface area contributed by atoms with Crippen LogP contribution >= 0.6 is 0 Å². The lowest BCUT2D eigenvalue weighted by Gasteiger charge is -2.16. The van der Waals surface area contributed by atoms with Crippen LogP contribution in [0.1, 0.15) is 11.5 Å². The zero-order chi connectivity index (χ0) is 12.5. The Morgan fingerprint density at radius 2 is 2.22 bits per heavy atom. The summed E-state index contributed by atoms with van der Waals surface area (Å²) in [7, 11) is 0. The van der Waals surface area contributed by atoms with Gasteiger partial charge in [-0.05, 0) is 23.8 Å². The van der Waals surface area contributed by atoms with Crippen LogP contribution in [0.25, 0.3) is 10.9 Å². The third-order valence-electron chi connectivity index (χ3n) is 3.63. The summed E-state index contributed by atoms with van der Waals surface area (Å²) in [4.78, 5) is 15.7. The van der Waals surface area contributed by atoms with Crippen LogP contribution < -0.4 is 11.1 Å². The van der Waals surface area contributed by atoms with Crippen LogP contribution in [0.3, 0.4) is 0 Å². The molecule has 4 heteroatoms. The minimum atomic E-state index is -0.226. The summed E-state index contributed by atoms with van der Waals surface area (Å²) in [5.74, 6) is -0.164. The Labute approximate surface area is 105 Å². The molecule has 2 heterocycles. The molecule has 0 aliphatic carbocycles. The van der Waals surface area contributed by atoms with Crippen molar-refractivity contribution >= 4 is 16.8 Å². The molecule has 1 aliphatic heterocycles. The van der Waals surface area contributed by atoms with E-state index in [1.165, 1.54) is 0 Å². The summed E-state index contributed by atoms with van der Waals surface area (Å²) >= 11 is 0. The van der Waals surface area contributed by atoms with Crippen molar-refractivity contribution in [1.29, 1.82) is 0 Å². The molecule has 1 amide bonds. The van der Waals surface area contributed by atoms with Crippen molar-refractivity contribution in [1.82, 2.24) is 10.3 Å². The first-order valence-corrected chi connectivity index (χ1v) is 6.10. The van der Waals surface area contributed by atoms with Crippen LogP contribution in [-0.2, 0) is 4.79 Å². The molecular weight excluding hydrogens is 226 g/mol.